The van der Waals surface area contributed by atoms with Crippen molar-refractivity contribution >= 4 is 0 Å². The molecule has 0 aromatic carbocycles. The second kappa shape index (κ2) is 4.00. The summed E-state index contributed by atoms with van der Waals surface area (Å²) in [5, 5.41) is 3.71. The van der Waals surface area contributed by atoms with Crippen molar-refractivity contribution in [3.8, 4) is 0 Å². The number of hydrogen-bond acceptors (Lipinski definition) is 1. The van der Waals surface area contributed by atoms with Gasteiger partial charge in [-0.15, -0.1) is 0 Å². The zero-order chi connectivity index (χ0) is 9.95. The third-order valence-corrected chi connectivity index (χ3v) is 3.13. The van der Waals surface area contributed by atoms with Crippen LogP contribution in [0.4, 0.5) is 0 Å². The molecule has 1 aliphatic rings. The standard InChI is InChI=1S/C12H25N/c1-11(2,3)9-10-13-12(4)7-5-6-8-12/h13H,5-10H2,1-4H3. The Morgan fingerprint density at radius 3 is 2.15 bits per heavy atom. The molecule has 1 aliphatic carbocycles. The largest absolute Gasteiger partial charge is 0.311 e. The second-order valence-electron chi connectivity index (χ2n) is 6.01. The molecule has 0 radical (unpaired) electrons. The predicted molar refractivity (Wildman–Crippen MR) is 58.9 cm³/mol. The highest BCUT2D eigenvalue weighted by Gasteiger charge is 2.27. The summed E-state index contributed by atoms with van der Waals surface area (Å²) >= 11 is 0. The number of rotatable bonds is 3. The molecule has 0 bridgehead atoms. The highest BCUT2D eigenvalue weighted by atomic mass is 15.0. The van der Waals surface area contributed by atoms with Gasteiger partial charge in [0.2, 0.25) is 0 Å². The van der Waals surface area contributed by atoms with Gasteiger partial charge in [0.15, 0.2) is 0 Å². The van der Waals surface area contributed by atoms with Crippen molar-refractivity contribution in [2.24, 2.45) is 5.41 Å². The zero-order valence-electron chi connectivity index (χ0n) is 9.74. The van der Waals surface area contributed by atoms with Crippen molar-refractivity contribution < 1.29 is 0 Å². The van der Waals surface area contributed by atoms with Crippen LogP contribution in [0.2, 0.25) is 0 Å². The Morgan fingerprint density at radius 1 is 1.15 bits per heavy atom. The topological polar surface area (TPSA) is 12.0 Å². The Bertz CT molecular complexity index is 149. The van der Waals surface area contributed by atoms with Crippen LogP contribution >= 0.6 is 0 Å². The van der Waals surface area contributed by atoms with E-state index in [2.05, 4.69) is 33.0 Å². The molecule has 0 saturated heterocycles. The molecule has 0 aromatic heterocycles. The minimum atomic E-state index is 0.464. The van der Waals surface area contributed by atoms with E-state index in [0.29, 0.717) is 11.0 Å². The molecule has 78 valence electrons. The van der Waals surface area contributed by atoms with Crippen LogP contribution in [-0.2, 0) is 0 Å². The molecule has 0 aromatic rings. The van der Waals surface area contributed by atoms with Crippen LogP contribution in [0, 0.1) is 5.41 Å². The SMILES string of the molecule is CC(C)(C)CCNC1(C)CCCC1. The average Bonchev–Trinajstić information content (AvgIpc) is 2.33. The van der Waals surface area contributed by atoms with Gasteiger partial charge in [-0.3, -0.25) is 0 Å². The van der Waals surface area contributed by atoms with Crippen molar-refractivity contribution in [2.45, 2.75) is 65.3 Å². The Labute approximate surface area is 83.3 Å². The molecule has 1 heteroatoms. The maximum absolute atomic E-state index is 3.71. The number of hydrogen-bond donors (Lipinski definition) is 1. The molecule has 1 nitrogen and oxygen atoms in total. The fraction of sp³-hybridized carbons (Fsp3) is 1.00. The average molecular weight is 183 g/mol. The van der Waals surface area contributed by atoms with Crippen molar-refractivity contribution in [3.63, 3.8) is 0 Å². The van der Waals surface area contributed by atoms with Crippen LogP contribution in [-0.4, -0.2) is 12.1 Å². The van der Waals surface area contributed by atoms with Gasteiger partial charge in [0.05, 0.1) is 0 Å². The summed E-state index contributed by atoms with van der Waals surface area (Å²) in [6.07, 6.45) is 6.86. The zero-order valence-corrected chi connectivity index (χ0v) is 9.74. The Hall–Kier alpha value is -0.0400. The van der Waals surface area contributed by atoms with E-state index >= 15 is 0 Å². The molecule has 0 atom stereocenters. The molecule has 1 fully saturated rings. The minimum Gasteiger partial charge on any atom is -0.311 e. The number of nitrogens with one attached hydrogen (secondary N) is 1. The lowest BCUT2D eigenvalue weighted by Crippen LogP contribution is -2.40. The van der Waals surface area contributed by atoms with Crippen molar-refractivity contribution in [1.82, 2.24) is 5.32 Å². The van der Waals surface area contributed by atoms with Gasteiger partial charge in [0.1, 0.15) is 0 Å². The first-order chi connectivity index (χ1) is 5.91. The maximum Gasteiger partial charge on any atom is 0.0153 e. The van der Waals surface area contributed by atoms with Gasteiger partial charge in [-0.1, -0.05) is 33.6 Å². The molecular weight excluding hydrogens is 158 g/mol. The summed E-state index contributed by atoms with van der Waals surface area (Å²) in [5.74, 6) is 0. The van der Waals surface area contributed by atoms with Crippen LogP contribution in [0.15, 0.2) is 0 Å². The summed E-state index contributed by atoms with van der Waals surface area (Å²) < 4.78 is 0. The van der Waals surface area contributed by atoms with Gasteiger partial charge >= 0.3 is 0 Å². The van der Waals surface area contributed by atoms with E-state index in [1.165, 1.54) is 38.6 Å². The van der Waals surface area contributed by atoms with Crippen LogP contribution in [0.5, 0.6) is 0 Å². The molecule has 0 aliphatic heterocycles. The van der Waals surface area contributed by atoms with E-state index in [-0.39, 0.29) is 0 Å². The van der Waals surface area contributed by atoms with E-state index in [9.17, 15) is 0 Å². The summed E-state index contributed by atoms with van der Waals surface area (Å²) in [5.41, 5.74) is 0.938. The van der Waals surface area contributed by atoms with Gasteiger partial charge < -0.3 is 5.32 Å². The normalized spacial score (nSPS) is 22.2. The van der Waals surface area contributed by atoms with E-state index in [4.69, 9.17) is 0 Å². The molecule has 0 spiro atoms. The molecule has 13 heavy (non-hydrogen) atoms. The quantitative estimate of drug-likeness (QED) is 0.707. The first-order valence-electron chi connectivity index (χ1n) is 5.66. The highest BCUT2D eigenvalue weighted by molar-refractivity contribution is 4.88. The van der Waals surface area contributed by atoms with Gasteiger partial charge in [0.25, 0.3) is 0 Å². The molecule has 1 rings (SSSR count). The van der Waals surface area contributed by atoms with E-state index < -0.39 is 0 Å². The molecule has 1 N–H and O–H groups in total. The lowest BCUT2D eigenvalue weighted by Gasteiger charge is -2.28. The van der Waals surface area contributed by atoms with Crippen molar-refractivity contribution in [3.05, 3.63) is 0 Å². The predicted octanol–water partition coefficient (Wildman–Crippen LogP) is 3.34. The third-order valence-electron chi connectivity index (χ3n) is 3.13. The Kier molecular flexibility index (Phi) is 3.39. The van der Waals surface area contributed by atoms with Crippen LogP contribution in [0.25, 0.3) is 0 Å². The summed E-state index contributed by atoms with van der Waals surface area (Å²) in [4.78, 5) is 0. The van der Waals surface area contributed by atoms with Gasteiger partial charge in [-0.25, -0.2) is 0 Å². The smallest absolute Gasteiger partial charge is 0.0153 e. The molecule has 0 heterocycles. The fourth-order valence-electron chi connectivity index (χ4n) is 2.07. The summed E-state index contributed by atoms with van der Waals surface area (Å²) in [7, 11) is 0. The van der Waals surface area contributed by atoms with Crippen LogP contribution < -0.4 is 5.32 Å². The summed E-state index contributed by atoms with van der Waals surface area (Å²) in [6.45, 7) is 10.5. The van der Waals surface area contributed by atoms with Crippen LogP contribution in [0.1, 0.15) is 59.8 Å². The maximum atomic E-state index is 3.71. The van der Waals surface area contributed by atoms with Gasteiger partial charge in [-0.05, 0) is 38.1 Å². The molecular formula is C12H25N. The van der Waals surface area contributed by atoms with Crippen molar-refractivity contribution in [1.29, 1.82) is 0 Å². The minimum absolute atomic E-state index is 0.464. The van der Waals surface area contributed by atoms with E-state index in [0.717, 1.165) is 0 Å². The lowest BCUT2D eigenvalue weighted by atomic mass is 9.91. The van der Waals surface area contributed by atoms with Gasteiger partial charge in [-0.2, -0.15) is 0 Å². The van der Waals surface area contributed by atoms with E-state index in [1.54, 1.807) is 0 Å². The lowest BCUT2D eigenvalue weighted by molar-refractivity contribution is 0.309. The third kappa shape index (κ3) is 4.12. The molecule has 1 saturated carbocycles. The fourth-order valence-corrected chi connectivity index (χ4v) is 2.07. The van der Waals surface area contributed by atoms with Crippen molar-refractivity contribution in [2.75, 3.05) is 6.54 Å². The Morgan fingerprint density at radius 2 is 1.69 bits per heavy atom. The molecule has 0 amide bonds. The van der Waals surface area contributed by atoms with E-state index in [1.807, 2.05) is 0 Å². The van der Waals surface area contributed by atoms with Crippen LogP contribution in [0.3, 0.4) is 0 Å². The first-order valence-corrected chi connectivity index (χ1v) is 5.66. The summed E-state index contributed by atoms with van der Waals surface area (Å²) in [6, 6.07) is 0. The monoisotopic (exact) mass is 183 g/mol. The molecule has 0 unspecified atom stereocenters. The van der Waals surface area contributed by atoms with Gasteiger partial charge in [0, 0.05) is 5.54 Å². The first kappa shape index (κ1) is 11.0. The highest BCUT2D eigenvalue weighted by Crippen LogP contribution is 2.29. The Balaban J connectivity index is 2.18. The second-order valence-corrected chi connectivity index (χ2v) is 6.01.